The van der Waals surface area contributed by atoms with Crippen molar-refractivity contribution in [2.24, 2.45) is 5.73 Å². The lowest BCUT2D eigenvalue weighted by Gasteiger charge is -2.14. The summed E-state index contributed by atoms with van der Waals surface area (Å²) in [5.74, 6) is -0.648. The molecule has 1 aromatic heterocycles. The maximum Gasteiger partial charge on any atom is 0.248 e. The molecule has 0 aliphatic heterocycles. The van der Waals surface area contributed by atoms with Gasteiger partial charge in [-0.1, -0.05) is 24.3 Å². The van der Waals surface area contributed by atoms with Gasteiger partial charge in [0, 0.05) is 28.7 Å². The van der Waals surface area contributed by atoms with Gasteiger partial charge in [0.25, 0.3) is 0 Å². The van der Waals surface area contributed by atoms with Gasteiger partial charge in [0.2, 0.25) is 11.8 Å². The van der Waals surface area contributed by atoms with Crippen LogP contribution in [0.1, 0.15) is 27.9 Å². The molecule has 0 fully saturated rings. The van der Waals surface area contributed by atoms with E-state index in [4.69, 9.17) is 5.73 Å². The molecular formula is C21H22N4O2S. The van der Waals surface area contributed by atoms with E-state index in [0.717, 1.165) is 21.8 Å². The number of hydrogen-bond donors (Lipinski definition) is 3. The van der Waals surface area contributed by atoms with Crippen LogP contribution in [0.4, 0.5) is 5.69 Å². The van der Waals surface area contributed by atoms with Crippen LogP contribution in [0, 0.1) is 6.92 Å². The average molecular weight is 395 g/mol. The van der Waals surface area contributed by atoms with Crippen molar-refractivity contribution in [2.45, 2.75) is 26.4 Å². The zero-order chi connectivity index (χ0) is 20.1. The zero-order valence-corrected chi connectivity index (χ0v) is 16.5. The Morgan fingerprint density at radius 1 is 1.11 bits per heavy atom. The minimum Gasteiger partial charge on any atom is -0.366 e. The Morgan fingerprint density at radius 3 is 2.36 bits per heavy atom. The zero-order valence-electron chi connectivity index (χ0n) is 15.7. The summed E-state index contributed by atoms with van der Waals surface area (Å²) in [5, 5.41) is 9.12. The van der Waals surface area contributed by atoms with Crippen LogP contribution in [-0.2, 0) is 11.3 Å². The first-order chi connectivity index (χ1) is 13.4. The van der Waals surface area contributed by atoms with Crippen molar-refractivity contribution < 1.29 is 9.59 Å². The monoisotopic (exact) mass is 394 g/mol. The van der Waals surface area contributed by atoms with Gasteiger partial charge >= 0.3 is 0 Å². The van der Waals surface area contributed by atoms with E-state index in [1.807, 2.05) is 36.6 Å². The summed E-state index contributed by atoms with van der Waals surface area (Å²) in [6, 6.07) is 14.2. The number of anilines is 1. The third kappa shape index (κ3) is 5.03. The van der Waals surface area contributed by atoms with E-state index in [0.29, 0.717) is 17.8 Å². The number of primary amides is 1. The van der Waals surface area contributed by atoms with E-state index in [1.165, 1.54) is 0 Å². The molecule has 3 aromatic rings. The lowest BCUT2D eigenvalue weighted by molar-refractivity contribution is -0.117. The summed E-state index contributed by atoms with van der Waals surface area (Å²) < 4.78 is 0. The summed E-state index contributed by atoms with van der Waals surface area (Å²) in [7, 11) is 0. The van der Waals surface area contributed by atoms with Gasteiger partial charge in [-0.05, 0) is 43.7 Å². The Labute approximate surface area is 167 Å². The topological polar surface area (TPSA) is 97.1 Å². The highest BCUT2D eigenvalue weighted by atomic mass is 32.1. The molecule has 6 nitrogen and oxygen atoms in total. The second-order valence-electron chi connectivity index (χ2n) is 6.48. The number of nitrogens with two attached hydrogens (primary N) is 1. The highest BCUT2D eigenvalue weighted by Crippen LogP contribution is 2.21. The Bertz CT molecular complexity index is 965. The van der Waals surface area contributed by atoms with Gasteiger partial charge in [0.1, 0.15) is 0 Å². The van der Waals surface area contributed by atoms with Crippen LogP contribution in [0.3, 0.4) is 0 Å². The van der Waals surface area contributed by atoms with Gasteiger partial charge in [-0.25, -0.2) is 4.98 Å². The first-order valence-electron chi connectivity index (χ1n) is 8.88. The second kappa shape index (κ2) is 8.77. The number of nitrogens with one attached hydrogen (secondary N) is 2. The van der Waals surface area contributed by atoms with Crippen molar-refractivity contribution >= 4 is 28.8 Å². The lowest BCUT2D eigenvalue weighted by Crippen LogP contribution is -2.37. The van der Waals surface area contributed by atoms with Crippen LogP contribution < -0.4 is 16.4 Å². The van der Waals surface area contributed by atoms with Gasteiger partial charge < -0.3 is 16.4 Å². The van der Waals surface area contributed by atoms with E-state index in [-0.39, 0.29) is 11.9 Å². The first kappa shape index (κ1) is 19.7. The molecule has 0 aliphatic rings. The van der Waals surface area contributed by atoms with Crippen LogP contribution in [-0.4, -0.2) is 22.8 Å². The molecule has 4 N–H and O–H groups in total. The third-order valence-corrected chi connectivity index (χ3v) is 5.08. The Morgan fingerprint density at radius 2 is 1.79 bits per heavy atom. The van der Waals surface area contributed by atoms with Crippen molar-refractivity contribution in [3.8, 4) is 11.3 Å². The molecule has 0 saturated heterocycles. The predicted octanol–water partition coefficient (Wildman–Crippen LogP) is 3.33. The highest BCUT2D eigenvalue weighted by molar-refractivity contribution is 7.09. The molecule has 0 unspecified atom stereocenters. The fourth-order valence-electron chi connectivity index (χ4n) is 2.62. The molecule has 1 atom stereocenters. The molecule has 2 aromatic carbocycles. The van der Waals surface area contributed by atoms with Crippen molar-refractivity contribution in [1.82, 2.24) is 10.3 Å². The predicted molar refractivity (Wildman–Crippen MR) is 112 cm³/mol. The van der Waals surface area contributed by atoms with E-state index in [2.05, 4.69) is 15.6 Å². The summed E-state index contributed by atoms with van der Waals surface area (Å²) in [4.78, 5) is 27.9. The lowest BCUT2D eigenvalue weighted by atomic mass is 10.1. The van der Waals surface area contributed by atoms with Crippen LogP contribution in [0.25, 0.3) is 11.3 Å². The van der Waals surface area contributed by atoms with Gasteiger partial charge in [0.05, 0.1) is 16.7 Å². The summed E-state index contributed by atoms with van der Waals surface area (Å²) in [6.07, 6.45) is 0. The highest BCUT2D eigenvalue weighted by Gasteiger charge is 2.13. The van der Waals surface area contributed by atoms with E-state index >= 15 is 0 Å². The molecule has 0 aliphatic carbocycles. The molecule has 1 heterocycles. The fraction of sp³-hybridized carbons (Fsp3) is 0.190. The minimum atomic E-state index is -0.496. The number of thiazole rings is 1. The molecule has 0 radical (unpaired) electrons. The van der Waals surface area contributed by atoms with E-state index in [1.54, 1.807) is 42.5 Å². The molecule has 144 valence electrons. The molecule has 0 spiro atoms. The number of aryl methyl sites for hydroxylation is 1. The minimum absolute atomic E-state index is 0.151. The van der Waals surface area contributed by atoms with Crippen molar-refractivity contribution in [2.75, 3.05) is 5.32 Å². The number of aromatic nitrogens is 1. The van der Waals surface area contributed by atoms with Crippen LogP contribution in [0.5, 0.6) is 0 Å². The Hall–Kier alpha value is -3.03. The van der Waals surface area contributed by atoms with Gasteiger partial charge in [-0.15, -0.1) is 11.3 Å². The standard InChI is InChI=1S/C21H22N4O2S/c1-13(21(27)25-18-9-7-17(8-10-18)20(22)26)23-11-15-3-5-16(6-4-15)19-12-28-14(2)24-19/h3-10,12-13,23H,11H2,1-2H3,(H2,22,26)(H,25,27)/t13-/m0/s1. The fourth-order valence-corrected chi connectivity index (χ4v) is 3.24. The van der Waals surface area contributed by atoms with Crippen LogP contribution >= 0.6 is 11.3 Å². The number of nitrogens with zero attached hydrogens (tertiary/aromatic N) is 1. The van der Waals surface area contributed by atoms with E-state index < -0.39 is 5.91 Å². The molecule has 7 heteroatoms. The quantitative estimate of drug-likeness (QED) is 0.572. The van der Waals surface area contributed by atoms with Crippen molar-refractivity contribution in [3.05, 3.63) is 70.0 Å². The third-order valence-electron chi connectivity index (χ3n) is 4.31. The number of carbonyl (C=O) groups excluding carboxylic acids is 2. The Kier molecular flexibility index (Phi) is 6.18. The first-order valence-corrected chi connectivity index (χ1v) is 9.76. The summed E-state index contributed by atoms with van der Waals surface area (Å²) in [6.45, 7) is 4.37. The number of carbonyl (C=O) groups is 2. The van der Waals surface area contributed by atoms with Crippen LogP contribution in [0.2, 0.25) is 0 Å². The molecule has 0 bridgehead atoms. The summed E-state index contributed by atoms with van der Waals surface area (Å²) >= 11 is 1.63. The van der Waals surface area contributed by atoms with Gasteiger partial charge in [-0.3, -0.25) is 9.59 Å². The Balaban J connectivity index is 1.52. The largest absolute Gasteiger partial charge is 0.366 e. The summed E-state index contributed by atoms with van der Waals surface area (Å²) in [5.41, 5.74) is 9.38. The maximum absolute atomic E-state index is 12.3. The number of rotatable bonds is 7. The number of hydrogen-bond acceptors (Lipinski definition) is 5. The van der Waals surface area contributed by atoms with E-state index in [9.17, 15) is 9.59 Å². The molecule has 2 amide bonds. The average Bonchev–Trinajstić information content (AvgIpc) is 3.13. The van der Waals surface area contributed by atoms with Gasteiger partial charge in [-0.2, -0.15) is 0 Å². The number of amides is 2. The molecule has 0 saturated carbocycles. The maximum atomic E-state index is 12.3. The second-order valence-corrected chi connectivity index (χ2v) is 7.54. The van der Waals surface area contributed by atoms with Crippen molar-refractivity contribution in [3.63, 3.8) is 0 Å². The van der Waals surface area contributed by atoms with Crippen LogP contribution in [0.15, 0.2) is 53.9 Å². The van der Waals surface area contributed by atoms with Gasteiger partial charge in [0.15, 0.2) is 0 Å². The number of benzene rings is 2. The molecule has 3 rings (SSSR count). The SMILES string of the molecule is Cc1nc(-c2ccc(CN[C@@H](C)C(=O)Nc3ccc(C(N)=O)cc3)cc2)cs1. The molecule has 28 heavy (non-hydrogen) atoms. The molecular weight excluding hydrogens is 372 g/mol. The normalized spacial score (nSPS) is 11.8. The smallest absolute Gasteiger partial charge is 0.248 e. The van der Waals surface area contributed by atoms with Crippen molar-refractivity contribution in [1.29, 1.82) is 0 Å².